The van der Waals surface area contributed by atoms with Gasteiger partial charge in [0.25, 0.3) is 15.9 Å². The van der Waals surface area contributed by atoms with Crippen LogP contribution in [0.25, 0.3) is 0 Å². The molecular formula is C36H53N3O8S. The zero-order valence-corrected chi connectivity index (χ0v) is 29.8. The molecular weight excluding hydrogens is 634 g/mol. The minimum absolute atomic E-state index is 0.0411. The van der Waals surface area contributed by atoms with Crippen molar-refractivity contribution in [3.05, 3.63) is 48.0 Å². The number of aliphatic hydroxyl groups is 1. The average Bonchev–Trinajstić information content (AvgIpc) is 3.09. The van der Waals surface area contributed by atoms with Crippen LogP contribution in [0, 0.1) is 11.8 Å². The lowest BCUT2D eigenvalue weighted by Crippen LogP contribution is -2.48. The number of benzene rings is 2. The lowest BCUT2D eigenvalue weighted by atomic mass is 9.88. The van der Waals surface area contributed by atoms with Gasteiger partial charge in [0, 0.05) is 44.3 Å². The van der Waals surface area contributed by atoms with E-state index in [1.165, 1.54) is 31.7 Å². The molecule has 2 aliphatic rings. The van der Waals surface area contributed by atoms with Crippen molar-refractivity contribution < 1.29 is 37.3 Å². The van der Waals surface area contributed by atoms with Crippen LogP contribution in [0.3, 0.4) is 0 Å². The molecule has 1 aliphatic carbocycles. The van der Waals surface area contributed by atoms with E-state index in [4.69, 9.17) is 14.2 Å². The van der Waals surface area contributed by atoms with Gasteiger partial charge in [0.2, 0.25) is 5.91 Å². The fourth-order valence-electron chi connectivity index (χ4n) is 6.44. The van der Waals surface area contributed by atoms with E-state index in [2.05, 4.69) is 4.72 Å². The van der Waals surface area contributed by atoms with Crippen molar-refractivity contribution in [1.29, 1.82) is 0 Å². The monoisotopic (exact) mass is 687 g/mol. The number of likely N-dealkylation sites (N-methyl/N-ethyl adjacent to an activating group) is 1. The fraction of sp³-hybridized carbons (Fsp3) is 0.611. The molecule has 1 heterocycles. The Labute approximate surface area is 286 Å². The van der Waals surface area contributed by atoms with Gasteiger partial charge in [-0.15, -0.1) is 0 Å². The Bertz CT molecular complexity index is 1460. The normalized spacial score (nSPS) is 22.5. The van der Waals surface area contributed by atoms with Crippen LogP contribution in [0.1, 0.15) is 82.5 Å². The molecule has 0 aromatic heterocycles. The quantitative estimate of drug-likeness (QED) is 0.362. The molecule has 48 heavy (non-hydrogen) atoms. The Hall–Kier alpha value is -3.35. The molecule has 0 unspecified atom stereocenters. The van der Waals surface area contributed by atoms with Gasteiger partial charge in [0.15, 0.2) is 0 Å². The van der Waals surface area contributed by atoms with E-state index in [1.54, 1.807) is 41.0 Å². The van der Waals surface area contributed by atoms with Crippen LogP contribution in [-0.4, -0.2) is 93.8 Å². The first kappa shape index (κ1) is 37.5. The van der Waals surface area contributed by atoms with Gasteiger partial charge in [-0.2, -0.15) is 0 Å². The number of hydrogen-bond donors (Lipinski definition) is 2. The van der Waals surface area contributed by atoms with Crippen LogP contribution >= 0.6 is 0 Å². The zero-order chi connectivity index (χ0) is 34.8. The van der Waals surface area contributed by atoms with E-state index in [9.17, 15) is 23.1 Å². The number of fused-ring (bicyclic) bond motifs is 1. The molecule has 1 saturated carbocycles. The van der Waals surface area contributed by atoms with Crippen molar-refractivity contribution in [2.24, 2.45) is 11.8 Å². The second kappa shape index (κ2) is 17.3. The lowest BCUT2D eigenvalue weighted by Gasteiger charge is -2.36. The molecule has 2 aromatic rings. The van der Waals surface area contributed by atoms with Gasteiger partial charge >= 0.3 is 0 Å². The number of aliphatic hydroxyl groups excluding tert-OH is 1. The van der Waals surface area contributed by atoms with Crippen LogP contribution in [0.15, 0.2) is 47.4 Å². The van der Waals surface area contributed by atoms with Gasteiger partial charge < -0.3 is 29.1 Å². The number of nitrogens with one attached hydrogen (secondary N) is 1. The van der Waals surface area contributed by atoms with Gasteiger partial charge in [0.05, 0.1) is 42.4 Å². The number of hydrogen-bond acceptors (Lipinski definition) is 8. The number of amides is 2. The molecule has 0 bridgehead atoms. The van der Waals surface area contributed by atoms with Gasteiger partial charge in [0.1, 0.15) is 11.5 Å². The predicted molar refractivity (Wildman–Crippen MR) is 185 cm³/mol. The van der Waals surface area contributed by atoms with E-state index >= 15 is 0 Å². The van der Waals surface area contributed by atoms with Gasteiger partial charge in [-0.25, -0.2) is 8.42 Å². The van der Waals surface area contributed by atoms with E-state index in [0.29, 0.717) is 24.7 Å². The Kier molecular flexibility index (Phi) is 13.5. The first-order valence-corrected chi connectivity index (χ1v) is 18.7. The summed E-state index contributed by atoms with van der Waals surface area (Å²) in [5.41, 5.74) is 0.382. The summed E-state index contributed by atoms with van der Waals surface area (Å²) in [7, 11) is -0.642. The summed E-state index contributed by atoms with van der Waals surface area (Å²) in [6.45, 7) is 6.59. The fourth-order valence-corrected chi connectivity index (χ4v) is 7.49. The van der Waals surface area contributed by atoms with Gasteiger partial charge in [-0.05, 0) is 88.4 Å². The minimum atomic E-state index is -3.98. The first-order valence-electron chi connectivity index (χ1n) is 17.2. The van der Waals surface area contributed by atoms with E-state index in [0.717, 1.165) is 44.9 Å². The molecule has 12 heteroatoms. The molecule has 2 amide bonds. The number of methoxy groups -OCH3 is 1. The Morgan fingerprint density at radius 2 is 1.75 bits per heavy atom. The van der Waals surface area contributed by atoms with Gasteiger partial charge in [-0.3, -0.25) is 14.3 Å². The molecule has 1 fully saturated rings. The first-order chi connectivity index (χ1) is 22.9. The molecule has 2 N–H and O–H groups in total. The molecule has 11 nitrogen and oxygen atoms in total. The van der Waals surface area contributed by atoms with Crippen LogP contribution in [0.2, 0.25) is 0 Å². The van der Waals surface area contributed by atoms with E-state index in [1.807, 2.05) is 20.9 Å². The second-order valence-corrected chi connectivity index (χ2v) is 15.0. The molecule has 0 radical (unpaired) electrons. The summed E-state index contributed by atoms with van der Waals surface area (Å²) >= 11 is 0. The minimum Gasteiger partial charge on any atom is -0.497 e. The highest BCUT2D eigenvalue weighted by Gasteiger charge is 2.32. The van der Waals surface area contributed by atoms with Gasteiger partial charge in [-0.1, -0.05) is 26.2 Å². The van der Waals surface area contributed by atoms with Crippen molar-refractivity contribution in [2.75, 3.05) is 45.2 Å². The standard InChI is InChI=1S/C36H53N3O8S/c1-25-22-39(26(2)24-40)36(42)32-21-29(37-48(43,44)31-17-15-30(45-5)16-18-31)14-19-33(32)47-27(3)11-9-10-20-46-34(25)23-38(4)35(41)28-12-7-6-8-13-28/h14-19,21,25-28,34,37,40H,6-13,20,22-24H2,1-5H3/t25-,26+,27-,34+/m1/s1. The third-order valence-electron chi connectivity index (χ3n) is 9.46. The van der Waals surface area contributed by atoms with Crippen molar-refractivity contribution in [3.63, 3.8) is 0 Å². The molecule has 2 aromatic carbocycles. The Morgan fingerprint density at radius 1 is 1.06 bits per heavy atom. The smallest absolute Gasteiger partial charge is 0.261 e. The molecule has 266 valence electrons. The summed E-state index contributed by atoms with van der Waals surface area (Å²) in [5.74, 6) is 0.460. The number of ether oxygens (including phenoxy) is 3. The predicted octanol–water partition coefficient (Wildman–Crippen LogP) is 5.33. The SMILES string of the molecule is COc1ccc(S(=O)(=O)Nc2ccc3c(c2)C(=O)N([C@@H](C)CO)C[C@@H](C)[C@H](CN(C)C(=O)C2CCCCC2)OCCCC[C@@H](C)O3)cc1. The lowest BCUT2D eigenvalue weighted by molar-refractivity contribution is -0.137. The summed E-state index contributed by atoms with van der Waals surface area (Å²) in [6, 6.07) is 10.1. The third-order valence-corrected chi connectivity index (χ3v) is 10.9. The number of rotatable bonds is 9. The largest absolute Gasteiger partial charge is 0.497 e. The van der Waals surface area contributed by atoms with Crippen LogP contribution in [-0.2, 0) is 19.6 Å². The maximum Gasteiger partial charge on any atom is 0.261 e. The third kappa shape index (κ3) is 9.85. The topological polar surface area (TPSA) is 135 Å². The van der Waals surface area contributed by atoms with Crippen molar-refractivity contribution >= 4 is 27.5 Å². The Balaban J connectivity index is 1.63. The Morgan fingerprint density at radius 3 is 2.42 bits per heavy atom. The van der Waals surface area contributed by atoms with Crippen LogP contribution in [0.4, 0.5) is 5.69 Å². The van der Waals surface area contributed by atoms with Crippen LogP contribution < -0.4 is 14.2 Å². The summed E-state index contributed by atoms with van der Waals surface area (Å²) in [5, 5.41) is 10.2. The highest BCUT2D eigenvalue weighted by molar-refractivity contribution is 7.92. The summed E-state index contributed by atoms with van der Waals surface area (Å²) < 4.78 is 46.9. The summed E-state index contributed by atoms with van der Waals surface area (Å²) in [4.78, 5) is 31.2. The average molecular weight is 688 g/mol. The number of sulfonamides is 1. The zero-order valence-electron chi connectivity index (χ0n) is 29.0. The highest BCUT2D eigenvalue weighted by atomic mass is 32.2. The van der Waals surface area contributed by atoms with Crippen molar-refractivity contribution in [3.8, 4) is 11.5 Å². The number of anilines is 1. The molecule has 1 aliphatic heterocycles. The maximum atomic E-state index is 14.4. The molecule has 0 spiro atoms. The van der Waals surface area contributed by atoms with E-state index in [-0.39, 0.29) is 59.2 Å². The number of carbonyl (C=O) groups excluding carboxylic acids is 2. The summed E-state index contributed by atoms with van der Waals surface area (Å²) in [6.07, 6.45) is 6.97. The second-order valence-electron chi connectivity index (χ2n) is 13.3. The molecule has 4 atom stereocenters. The highest BCUT2D eigenvalue weighted by Crippen LogP contribution is 2.30. The van der Waals surface area contributed by atoms with Crippen molar-refractivity contribution in [2.45, 2.75) is 95.3 Å². The maximum absolute atomic E-state index is 14.4. The molecule has 4 rings (SSSR count). The number of carbonyl (C=O) groups is 2. The van der Waals surface area contributed by atoms with E-state index < -0.39 is 22.0 Å². The molecule has 0 saturated heterocycles. The van der Waals surface area contributed by atoms with Crippen molar-refractivity contribution in [1.82, 2.24) is 9.80 Å². The number of nitrogens with zero attached hydrogens (tertiary/aromatic N) is 2. The van der Waals surface area contributed by atoms with Crippen LogP contribution in [0.5, 0.6) is 11.5 Å².